The number of rotatable bonds is 3. The molecule has 0 aliphatic heterocycles. The first-order chi connectivity index (χ1) is 9.32. The molecule has 0 amide bonds. The van der Waals surface area contributed by atoms with Crippen LogP contribution < -0.4 is 10.0 Å². The lowest BCUT2D eigenvalue weighted by Crippen LogP contribution is -2.27. The van der Waals surface area contributed by atoms with E-state index in [4.69, 9.17) is 5.73 Å². The van der Waals surface area contributed by atoms with Crippen LogP contribution in [-0.4, -0.2) is 15.5 Å². The van der Waals surface area contributed by atoms with Crippen LogP contribution in [-0.2, 0) is 10.0 Å². The van der Waals surface area contributed by atoms with Gasteiger partial charge in [-0.2, -0.15) is 0 Å². The number of anilines is 2. The van der Waals surface area contributed by atoms with Crippen molar-refractivity contribution < 1.29 is 8.42 Å². The lowest BCUT2D eigenvalue weighted by molar-refractivity contribution is 0.594. The minimum atomic E-state index is -3.57. The third-order valence-electron chi connectivity index (χ3n) is 3.23. The normalized spacial score (nSPS) is 11.3. The van der Waals surface area contributed by atoms with Gasteiger partial charge in [0.1, 0.15) is 0 Å². The van der Waals surface area contributed by atoms with Crippen molar-refractivity contribution in [3.8, 4) is 0 Å². The summed E-state index contributed by atoms with van der Waals surface area (Å²) < 4.78 is 26.4. The van der Waals surface area contributed by atoms with Crippen molar-refractivity contribution in [2.24, 2.45) is 0 Å². The highest BCUT2D eigenvalue weighted by atomic mass is 32.2. The van der Waals surface area contributed by atoms with Gasteiger partial charge in [-0.05, 0) is 49.7 Å². The number of hydrogen-bond donors (Lipinski definition) is 1. The van der Waals surface area contributed by atoms with Crippen LogP contribution in [0.2, 0.25) is 0 Å². The molecule has 2 aromatic carbocycles. The number of hydrogen-bond acceptors (Lipinski definition) is 3. The van der Waals surface area contributed by atoms with Gasteiger partial charge in [0.2, 0.25) is 0 Å². The molecule has 0 heterocycles. The second kappa shape index (κ2) is 5.17. The lowest BCUT2D eigenvalue weighted by atomic mass is 10.1. The van der Waals surface area contributed by atoms with E-state index in [0.29, 0.717) is 11.4 Å². The maximum Gasteiger partial charge on any atom is 0.264 e. The summed E-state index contributed by atoms with van der Waals surface area (Å²) in [5, 5.41) is 0. The van der Waals surface area contributed by atoms with Gasteiger partial charge in [0.05, 0.1) is 10.6 Å². The molecule has 2 rings (SSSR count). The van der Waals surface area contributed by atoms with Crippen LogP contribution >= 0.6 is 0 Å². The summed E-state index contributed by atoms with van der Waals surface area (Å²) in [6.07, 6.45) is 0. The second-order valence-corrected chi connectivity index (χ2v) is 6.80. The molecule has 0 fully saturated rings. The van der Waals surface area contributed by atoms with Gasteiger partial charge in [-0.25, -0.2) is 8.42 Å². The van der Waals surface area contributed by atoms with Crippen LogP contribution in [0.1, 0.15) is 11.1 Å². The molecule has 0 radical (unpaired) electrons. The molecule has 0 saturated heterocycles. The van der Waals surface area contributed by atoms with Gasteiger partial charge < -0.3 is 5.73 Å². The van der Waals surface area contributed by atoms with Crippen molar-refractivity contribution in [2.45, 2.75) is 18.7 Å². The maximum absolute atomic E-state index is 12.6. The van der Waals surface area contributed by atoms with Crippen LogP contribution in [0.5, 0.6) is 0 Å². The van der Waals surface area contributed by atoms with E-state index in [0.717, 1.165) is 11.1 Å². The van der Waals surface area contributed by atoms with E-state index < -0.39 is 10.0 Å². The molecule has 0 bridgehead atoms. The Morgan fingerprint density at radius 2 is 1.60 bits per heavy atom. The average molecular weight is 290 g/mol. The minimum Gasteiger partial charge on any atom is -0.399 e. The molecule has 0 saturated carbocycles. The largest absolute Gasteiger partial charge is 0.399 e. The SMILES string of the molecule is Cc1ccc(N(C)S(=O)(=O)c2ccc(N)cc2)c(C)c1. The van der Waals surface area contributed by atoms with Crippen LogP contribution in [0.25, 0.3) is 0 Å². The molecule has 20 heavy (non-hydrogen) atoms. The molecule has 0 spiro atoms. The quantitative estimate of drug-likeness (QED) is 0.884. The van der Waals surface area contributed by atoms with Crippen LogP contribution in [0.4, 0.5) is 11.4 Å². The van der Waals surface area contributed by atoms with E-state index in [2.05, 4.69) is 0 Å². The first kappa shape index (κ1) is 14.4. The second-order valence-electron chi connectivity index (χ2n) is 4.83. The molecule has 0 atom stereocenters. The summed E-state index contributed by atoms with van der Waals surface area (Å²) in [7, 11) is -2.01. The maximum atomic E-state index is 12.6. The predicted octanol–water partition coefficient (Wildman–Crippen LogP) is 2.71. The van der Waals surface area contributed by atoms with Crippen molar-refractivity contribution >= 4 is 21.4 Å². The molecule has 0 aromatic heterocycles. The minimum absolute atomic E-state index is 0.231. The van der Waals surface area contributed by atoms with Gasteiger partial charge in [0.15, 0.2) is 0 Å². The fourth-order valence-corrected chi connectivity index (χ4v) is 3.35. The van der Waals surface area contributed by atoms with Gasteiger partial charge in [-0.15, -0.1) is 0 Å². The zero-order valence-electron chi connectivity index (χ0n) is 11.8. The van der Waals surface area contributed by atoms with Gasteiger partial charge >= 0.3 is 0 Å². The Balaban J connectivity index is 2.45. The van der Waals surface area contributed by atoms with Gasteiger partial charge in [0, 0.05) is 12.7 Å². The molecule has 106 valence electrons. The van der Waals surface area contributed by atoms with Gasteiger partial charge in [0.25, 0.3) is 10.0 Å². The summed E-state index contributed by atoms with van der Waals surface area (Å²) in [5.74, 6) is 0. The number of sulfonamides is 1. The molecule has 5 heteroatoms. The highest BCUT2D eigenvalue weighted by Gasteiger charge is 2.22. The molecule has 2 aromatic rings. The number of nitrogen functional groups attached to an aromatic ring is 1. The zero-order valence-corrected chi connectivity index (χ0v) is 12.6. The molecular formula is C15H18N2O2S. The smallest absolute Gasteiger partial charge is 0.264 e. The summed E-state index contributed by atoms with van der Waals surface area (Å²) in [5.41, 5.74) is 8.83. The fourth-order valence-electron chi connectivity index (χ4n) is 2.09. The Kier molecular flexibility index (Phi) is 3.72. The Hall–Kier alpha value is -2.01. The Morgan fingerprint density at radius 1 is 1.00 bits per heavy atom. The molecule has 0 unspecified atom stereocenters. The van der Waals surface area contributed by atoms with Gasteiger partial charge in [-0.3, -0.25) is 4.31 Å². The first-order valence-corrected chi connectivity index (χ1v) is 7.68. The molecule has 2 N–H and O–H groups in total. The van der Waals surface area contributed by atoms with Crippen molar-refractivity contribution in [1.82, 2.24) is 0 Å². The predicted molar refractivity (Wildman–Crippen MR) is 82.4 cm³/mol. The van der Waals surface area contributed by atoms with Crippen LogP contribution in [0, 0.1) is 13.8 Å². The standard InChI is InChI=1S/C15H18N2O2S/c1-11-4-9-15(12(2)10-11)17(3)20(18,19)14-7-5-13(16)6-8-14/h4-10H,16H2,1-3H3. The number of aryl methyl sites for hydroxylation is 2. The van der Waals surface area contributed by atoms with Crippen LogP contribution in [0.3, 0.4) is 0 Å². The molecular weight excluding hydrogens is 272 g/mol. The molecule has 4 nitrogen and oxygen atoms in total. The van der Waals surface area contributed by atoms with Crippen molar-refractivity contribution in [1.29, 1.82) is 0 Å². The van der Waals surface area contributed by atoms with E-state index in [9.17, 15) is 8.42 Å². The van der Waals surface area contributed by atoms with Crippen molar-refractivity contribution in [2.75, 3.05) is 17.1 Å². The summed E-state index contributed by atoms with van der Waals surface area (Å²) in [6, 6.07) is 11.9. The number of benzene rings is 2. The summed E-state index contributed by atoms with van der Waals surface area (Å²) in [6.45, 7) is 3.88. The third-order valence-corrected chi connectivity index (χ3v) is 5.02. The third kappa shape index (κ3) is 2.63. The molecule has 0 aliphatic rings. The highest BCUT2D eigenvalue weighted by molar-refractivity contribution is 7.92. The van der Waals surface area contributed by atoms with Crippen LogP contribution in [0.15, 0.2) is 47.4 Å². The van der Waals surface area contributed by atoms with Crippen molar-refractivity contribution in [3.05, 3.63) is 53.6 Å². The highest BCUT2D eigenvalue weighted by Crippen LogP contribution is 2.26. The fraction of sp³-hybridized carbons (Fsp3) is 0.200. The average Bonchev–Trinajstić information content (AvgIpc) is 2.38. The summed E-state index contributed by atoms with van der Waals surface area (Å²) >= 11 is 0. The Morgan fingerprint density at radius 3 is 2.15 bits per heavy atom. The van der Waals surface area contributed by atoms with Crippen molar-refractivity contribution in [3.63, 3.8) is 0 Å². The lowest BCUT2D eigenvalue weighted by Gasteiger charge is -2.21. The van der Waals surface area contributed by atoms with E-state index in [1.54, 1.807) is 19.2 Å². The number of nitrogens with zero attached hydrogens (tertiary/aromatic N) is 1. The Bertz CT molecular complexity index is 722. The zero-order chi connectivity index (χ0) is 14.9. The summed E-state index contributed by atoms with van der Waals surface area (Å²) in [4.78, 5) is 0.231. The van der Waals surface area contributed by atoms with E-state index in [1.165, 1.54) is 16.4 Å². The van der Waals surface area contributed by atoms with E-state index >= 15 is 0 Å². The topological polar surface area (TPSA) is 63.4 Å². The van der Waals surface area contributed by atoms with E-state index in [1.807, 2.05) is 32.0 Å². The monoisotopic (exact) mass is 290 g/mol. The number of nitrogens with two attached hydrogens (primary N) is 1. The first-order valence-electron chi connectivity index (χ1n) is 6.24. The molecule has 0 aliphatic carbocycles. The van der Waals surface area contributed by atoms with Gasteiger partial charge in [-0.1, -0.05) is 17.7 Å². The van der Waals surface area contributed by atoms with E-state index in [-0.39, 0.29) is 4.90 Å². The Labute approximate surface area is 119 Å².